The number of nitrogens with zero attached hydrogens (tertiary/aromatic N) is 2. The fraction of sp³-hybridized carbons (Fsp3) is 0.360. The van der Waals surface area contributed by atoms with E-state index in [9.17, 15) is 20.0 Å². The van der Waals surface area contributed by atoms with Crippen LogP contribution >= 0.6 is 11.8 Å². The van der Waals surface area contributed by atoms with Gasteiger partial charge >= 0.3 is 0 Å². The second-order valence-electron chi connectivity index (χ2n) is 10.2. The Morgan fingerprint density at radius 3 is 2.12 bits per heavy atom. The van der Waals surface area contributed by atoms with Crippen molar-refractivity contribution in [3.63, 3.8) is 0 Å². The molecule has 1 saturated heterocycles. The molecule has 8 heteroatoms. The van der Waals surface area contributed by atoms with Crippen LogP contribution in [-0.4, -0.2) is 21.1 Å². The zero-order chi connectivity index (χ0) is 24.7. The molecule has 0 aromatic heterocycles. The molecule has 0 spiro atoms. The number of aryl methyl sites for hydroxylation is 1. The molecule has 1 fully saturated rings. The lowest BCUT2D eigenvalue weighted by molar-refractivity contribution is -0.384. The van der Waals surface area contributed by atoms with Crippen LogP contribution in [0.15, 0.2) is 40.2 Å². The minimum absolute atomic E-state index is 0.00298. The molecule has 0 atom stereocenters. The number of amidine groups is 1. The SMILES string of the molecule is Cc1cc([N+](=O)[O-])ccc1N=C1NC(=O)/C(=C\c2cc(C(C)(C)C)c(O)c(C(C)(C)C)c2)S1. The Hall–Kier alpha value is -3.13. The highest BCUT2D eigenvalue weighted by molar-refractivity contribution is 8.18. The van der Waals surface area contributed by atoms with Crippen LogP contribution in [0.4, 0.5) is 11.4 Å². The van der Waals surface area contributed by atoms with E-state index < -0.39 is 4.92 Å². The lowest BCUT2D eigenvalue weighted by atomic mass is 9.78. The average molecular weight is 468 g/mol. The highest BCUT2D eigenvalue weighted by atomic mass is 32.2. The molecular formula is C25H29N3O4S. The number of nitro groups is 1. The molecule has 3 rings (SSSR count). The number of benzene rings is 2. The lowest BCUT2D eigenvalue weighted by Crippen LogP contribution is -2.19. The van der Waals surface area contributed by atoms with Crippen molar-refractivity contribution in [1.29, 1.82) is 0 Å². The van der Waals surface area contributed by atoms with Crippen LogP contribution in [-0.2, 0) is 15.6 Å². The third-order valence-electron chi connectivity index (χ3n) is 5.31. The molecule has 33 heavy (non-hydrogen) atoms. The van der Waals surface area contributed by atoms with Crippen molar-refractivity contribution >= 4 is 40.3 Å². The van der Waals surface area contributed by atoms with Crippen LogP contribution in [0.3, 0.4) is 0 Å². The predicted octanol–water partition coefficient (Wildman–Crippen LogP) is 6.10. The number of thioether (sulfide) groups is 1. The Kier molecular flexibility index (Phi) is 6.44. The fourth-order valence-electron chi connectivity index (χ4n) is 3.50. The van der Waals surface area contributed by atoms with Crippen LogP contribution in [0.1, 0.15) is 63.8 Å². The smallest absolute Gasteiger partial charge is 0.269 e. The van der Waals surface area contributed by atoms with Crippen LogP contribution in [0.5, 0.6) is 5.75 Å². The number of carbonyl (C=O) groups is 1. The number of aromatic hydroxyl groups is 1. The van der Waals surface area contributed by atoms with Gasteiger partial charge in [0.25, 0.3) is 11.6 Å². The molecule has 2 aromatic carbocycles. The van der Waals surface area contributed by atoms with Crippen LogP contribution < -0.4 is 5.32 Å². The van der Waals surface area contributed by atoms with E-state index >= 15 is 0 Å². The van der Waals surface area contributed by atoms with Gasteiger partial charge in [0.05, 0.1) is 15.5 Å². The number of amides is 1. The number of hydrogen-bond acceptors (Lipinski definition) is 6. The summed E-state index contributed by atoms with van der Waals surface area (Å²) in [7, 11) is 0. The molecule has 7 nitrogen and oxygen atoms in total. The van der Waals surface area contributed by atoms with E-state index in [0.717, 1.165) is 16.7 Å². The van der Waals surface area contributed by atoms with Gasteiger partial charge in [-0.25, -0.2) is 4.99 Å². The summed E-state index contributed by atoms with van der Waals surface area (Å²) >= 11 is 1.21. The van der Waals surface area contributed by atoms with Gasteiger partial charge in [0, 0.05) is 23.3 Å². The first kappa shape index (κ1) is 24.5. The summed E-state index contributed by atoms with van der Waals surface area (Å²) in [6, 6.07) is 8.25. The first-order chi connectivity index (χ1) is 15.2. The zero-order valence-electron chi connectivity index (χ0n) is 19.9. The Morgan fingerprint density at radius 1 is 1.06 bits per heavy atom. The Morgan fingerprint density at radius 2 is 1.64 bits per heavy atom. The first-order valence-corrected chi connectivity index (χ1v) is 11.4. The quantitative estimate of drug-likeness (QED) is 0.323. The van der Waals surface area contributed by atoms with Gasteiger partial charge in [-0.05, 0) is 64.9 Å². The summed E-state index contributed by atoms with van der Waals surface area (Å²) in [6.07, 6.45) is 1.80. The van der Waals surface area contributed by atoms with Crippen LogP contribution in [0.2, 0.25) is 0 Å². The van der Waals surface area contributed by atoms with Gasteiger partial charge in [-0.15, -0.1) is 0 Å². The van der Waals surface area contributed by atoms with Gasteiger partial charge in [-0.1, -0.05) is 41.5 Å². The number of nitrogens with one attached hydrogen (secondary N) is 1. The average Bonchev–Trinajstić information content (AvgIpc) is 3.01. The lowest BCUT2D eigenvalue weighted by Gasteiger charge is -2.28. The molecule has 0 aliphatic carbocycles. The largest absolute Gasteiger partial charge is 0.507 e. The molecule has 0 radical (unpaired) electrons. The van der Waals surface area contributed by atoms with Crippen LogP contribution in [0, 0.1) is 17.0 Å². The van der Waals surface area contributed by atoms with Crippen molar-refractivity contribution in [1.82, 2.24) is 5.32 Å². The molecule has 0 unspecified atom stereocenters. The topological polar surface area (TPSA) is 105 Å². The van der Waals surface area contributed by atoms with E-state index in [2.05, 4.69) is 10.3 Å². The van der Waals surface area contributed by atoms with Gasteiger partial charge < -0.3 is 10.4 Å². The van der Waals surface area contributed by atoms with Gasteiger partial charge in [0.2, 0.25) is 0 Å². The first-order valence-electron chi connectivity index (χ1n) is 10.6. The Balaban J connectivity index is 1.99. The molecule has 2 aromatic rings. The minimum atomic E-state index is -0.452. The third kappa shape index (κ3) is 5.45. The van der Waals surface area contributed by atoms with E-state index in [-0.39, 0.29) is 28.2 Å². The van der Waals surface area contributed by atoms with Crippen molar-refractivity contribution in [3.8, 4) is 5.75 Å². The number of carbonyl (C=O) groups excluding carboxylic acids is 1. The standard InChI is InChI=1S/C25H29N3O4S/c1-14-10-16(28(31)32)8-9-19(14)26-23-27-22(30)20(33-23)13-15-11-17(24(2,3)4)21(29)18(12-15)25(5,6)7/h8-13,29H,1-7H3,(H,26,27,30)/b20-13+. The fourth-order valence-corrected chi connectivity index (χ4v) is 4.34. The van der Waals surface area contributed by atoms with Crippen LogP contribution in [0.25, 0.3) is 6.08 Å². The molecular weight excluding hydrogens is 438 g/mol. The van der Waals surface area contributed by atoms with E-state index in [1.165, 1.54) is 23.9 Å². The van der Waals surface area contributed by atoms with Gasteiger partial charge in [0.1, 0.15) is 5.75 Å². The summed E-state index contributed by atoms with van der Waals surface area (Å²) in [4.78, 5) is 28.1. The molecule has 1 heterocycles. The van der Waals surface area contributed by atoms with Gasteiger partial charge in [-0.3, -0.25) is 14.9 Å². The van der Waals surface area contributed by atoms with E-state index in [0.29, 0.717) is 21.3 Å². The Bertz CT molecular complexity index is 1170. The van der Waals surface area contributed by atoms with Gasteiger partial charge in [-0.2, -0.15) is 0 Å². The summed E-state index contributed by atoms with van der Waals surface area (Å²) in [5.74, 6) is 0.0255. The van der Waals surface area contributed by atoms with Crippen molar-refractivity contribution in [2.24, 2.45) is 4.99 Å². The molecule has 0 bridgehead atoms. The molecule has 0 saturated carbocycles. The van der Waals surface area contributed by atoms with Crippen molar-refractivity contribution < 1.29 is 14.8 Å². The maximum absolute atomic E-state index is 12.6. The number of aliphatic imine (C=N–C) groups is 1. The van der Waals surface area contributed by atoms with E-state index in [1.54, 1.807) is 19.1 Å². The summed E-state index contributed by atoms with van der Waals surface area (Å²) in [5.41, 5.74) is 3.12. The monoisotopic (exact) mass is 467 g/mol. The highest BCUT2D eigenvalue weighted by Gasteiger charge is 2.28. The van der Waals surface area contributed by atoms with E-state index in [1.807, 2.05) is 53.7 Å². The molecule has 1 aliphatic rings. The minimum Gasteiger partial charge on any atom is -0.507 e. The third-order valence-corrected chi connectivity index (χ3v) is 6.22. The maximum atomic E-state index is 12.6. The van der Waals surface area contributed by atoms with Crippen molar-refractivity contribution in [2.75, 3.05) is 0 Å². The predicted molar refractivity (Wildman–Crippen MR) is 134 cm³/mol. The normalized spacial score (nSPS) is 17.0. The number of phenolic OH excluding ortho intramolecular Hbond substituents is 1. The number of phenols is 1. The molecule has 2 N–H and O–H groups in total. The van der Waals surface area contributed by atoms with Gasteiger partial charge in [0.15, 0.2) is 5.17 Å². The number of hydrogen-bond donors (Lipinski definition) is 2. The summed E-state index contributed by atoms with van der Waals surface area (Å²) < 4.78 is 0. The second kappa shape index (κ2) is 8.67. The summed E-state index contributed by atoms with van der Waals surface area (Å²) in [5, 5.41) is 25.0. The van der Waals surface area contributed by atoms with E-state index in [4.69, 9.17) is 0 Å². The number of nitro benzene ring substituents is 1. The summed E-state index contributed by atoms with van der Waals surface area (Å²) in [6.45, 7) is 14.0. The molecule has 1 amide bonds. The molecule has 174 valence electrons. The highest BCUT2D eigenvalue weighted by Crippen LogP contribution is 2.41. The zero-order valence-corrected chi connectivity index (χ0v) is 20.8. The van der Waals surface area contributed by atoms with Crippen molar-refractivity contribution in [3.05, 3.63) is 67.6 Å². The Labute approximate surface area is 198 Å². The maximum Gasteiger partial charge on any atom is 0.269 e. The molecule has 1 aliphatic heterocycles. The number of rotatable bonds is 3. The van der Waals surface area contributed by atoms with Crippen molar-refractivity contribution in [2.45, 2.75) is 59.3 Å². The number of non-ortho nitro benzene ring substituents is 1. The second-order valence-corrected chi connectivity index (χ2v) is 11.2.